The first kappa shape index (κ1) is 11.3. The van der Waals surface area contributed by atoms with Crippen molar-refractivity contribution in [3.05, 3.63) is 53.7 Å². The van der Waals surface area contributed by atoms with Gasteiger partial charge >= 0.3 is 0 Å². The van der Waals surface area contributed by atoms with E-state index in [9.17, 15) is 8.78 Å². The molecule has 2 aromatic rings. The van der Waals surface area contributed by atoms with Gasteiger partial charge in [-0.3, -0.25) is 0 Å². The highest BCUT2D eigenvalue weighted by atomic mass is 19.1. The fourth-order valence-corrected chi connectivity index (χ4v) is 1.39. The van der Waals surface area contributed by atoms with E-state index in [-0.39, 0.29) is 12.1 Å². The number of nitrogens with zero attached hydrogens (tertiary/aromatic N) is 1. The average molecular weight is 235 g/mol. The van der Waals surface area contributed by atoms with E-state index >= 15 is 0 Å². The van der Waals surface area contributed by atoms with E-state index in [0.29, 0.717) is 11.5 Å². The van der Waals surface area contributed by atoms with E-state index < -0.39 is 11.6 Å². The van der Waals surface area contributed by atoms with E-state index in [2.05, 4.69) is 10.3 Å². The SMILES string of the molecule is Nc1ccc(NCc2cc(F)ccc2F)cn1. The molecule has 1 aromatic heterocycles. The monoisotopic (exact) mass is 235 g/mol. The van der Waals surface area contributed by atoms with Crippen LogP contribution in [0, 0.1) is 11.6 Å². The summed E-state index contributed by atoms with van der Waals surface area (Å²) in [5, 5.41) is 2.93. The average Bonchev–Trinajstić information content (AvgIpc) is 2.32. The molecule has 0 aliphatic rings. The summed E-state index contributed by atoms with van der Waals surface area (Å²) in [4.78, 5) is 3.88. The molecule has 3 N–H and O–H groups in total. The third kappa shape index (κ3) is 2.90. The number of aromatic nitrogens is 1. The Balaban J connectivity index is 2.07. The summed E-state index contributed by atoms with van der Waals surface area (Å²) in [7, 11) is 0. The van der Waals surface area contributed by atoms with Gasteiger partial charge in [0.2, 0.25) is 0 Å². The molecule has 0 bridgehead atoms. The summed E-state index contributed by atoms with van der Waals surface area (Å²) in [5.41, 5.74) is 6.39. The molecule has 2 rings (SSSR count). The molecule has 0 aliphatic carbocycles. The zero-order chi connectivity index (χ0) is 12.3. The third-order valence-corrected chi connectivity index (χ3v) is 2.28. The van der Waals surface area contributed by atoms with Crippen LogP contribution >= 0.6 is 0 Å². The standard InChI is InChI=1S/C12H11F2N3/c13-9-1-3-11(14)8(5-9)6-16-10-2-4-12(15)17-7-10/h1-5,7,16H,6H2,(H2,15,17). The van der Waals surface area contributed by atoms with E-state index in [0.717, 1.165) is 18.2 Å². The second-order valence-corrected chi connectivity index (χ2v) is 3.56. The topological polar surface area (TPSA) is 50.9 Å². The minimum absolute atomic E-state index is 0.190. The summed E-state index contributed by atoms with van der Waals surface area (Å²) in [6, 6.07) is 6.70. The zero-order valence-electron chi connectivity index (χ0n) is 8.95. The van der Waals surface area contributed by atoms with E-state index in [1.165, 1.54) is 6.20 Å². The normalized spacial score (nSPS) is 10.2. The van der Waals surface area contributed by atoms with Crippen molar-refractivity contribution in [1.82, 2.24) is 4.98 Å². The van der Waals surface area contributed by atoms with Crippen LogP contribution in [-0.4, -0.2) is 4.98 Å². The van der Waals surface area contributed by atoms with E-state index in [4.69, 9.17) is 5.73 Å². The lowest BCUT2D eigenvalue weighted by Gasteiger charge is -2.07. The highest BCUT2D eigenvalue weighted by Crippen LogP contribution is 2.13. The molecular weight excluding hydrogens is 224 g/mol. The molecule has 1 heterocycles. The van der Waals surface area contributed by atoms with Crippen LogP contribution in [0.2, 0.25) is 0 Å². The molecule has 0 atom stereocenters. The van der Waals surface area contributed by atoms with Gasteiger partial charge in [0, 0.05) is 12.1 Å². The Kier molecular flexibility index (Phi) is 3.18. The van der Waals surface area contributed by atoms with Crippen LogP contribution in [-0.2, 0) is 6.54 Å². The first-order chi connectivity index (χ1) is 8.15. The van der Waals surface area contributed by atoms with Gasteiger partial charge in [0.25, 0.3) is 0 Å². The molecule has 0 spiro atoms. The number of benzene rings is 1. The Bertz CT molecular complexity index is 512. The quantitative estimate of drug-likeness (QED) is 0.859. The molecule has 1 aromatic carbocycles. The first-order valence-electron chi connectivity index (χ1n) is 5.04. The molecule has 0 amide bonds. The Morgan fingerprint density at radius 1 is 1.18 bits per heavy atom. The maximum Gasteiger partial charge on any atom is 0.128 e. The molecule has 3 nitrogen and oxygen atoms in total. The molecular formula is C12H11F2N3. The van der Waals surface area contributed by atoms with Gasteiger partial charge < -0.3 is 11.1 Å². The smallest absolute Gasteiger partial charge is 0.128 e. The van der Waals surface area contributed by atoms with Crippen LogP contribution in [0.25, 0.3) is 0 Å². The summed E-state index contributed by atoms with van der Waals surface area (Å²) >= 11 is 0. The van der Waals surface area contributed by atoms with Gasteiger partial charge in [-0.05, 0) is 30.3 Å². The highest BCUT2D eigenvalue weighted by Gasteiger charge is 2.03. The van der Waals surface area contributed by atoms with Crippen molar-refractivity contribution in [3.63, 3.8) is 0 Å². The number of nitrogens with one attached hydrogen (secondary N) is 1. The predicted octanol–water partition coefficient (Wildman–Crippen LogP) is 2.55. The van der Waals surface area contributed by atoms with Crippen LogP contribution < -0.4 is 11.1 Å². The second kappa shape index (κ2) is 4.78. The van der Waals surface area contributed by atoms with Gasteiger partial charge in [-0.2, -0.15) is 0 Å². The molecule has 0 saturated heterocycles. The van der Waals surface area contributed by atoms with Gasteiger partial charge in [0.15, 0.2) is 0 Å². The molecule has 88 valence electrons. The fraction of sp³-hybridized carbons (Fsp3) is 0.0833. The molecule has 0 aliphatic heterocycles. The summed E-state index contributed by atoms with van der Waals surface area (Å²) in [6.07, 6.45) is 1.53. The Hall–Kier alpha value is -2.17. The van der Waals surface area contributed by atoms with Gasteiger partial charge in [-0.1, -0.05) is 0 Å². The second-order valence-electron chi connectivity index (χ2n) is 3.56. The summed E-state index contributed by atoms with van der Waals surface area (Å²) < 4.78 is 26.2. The van der Waals surface area contributed by atoms with Crippen LogP contribution in [0.1, 0.15) is 5.56 Å². The van der Waals surface area contributed by atoms with Crippen LogP contribution in [0.4, 0.5) is 20.3 Å². The molecule has 0 fully saturated rings. The van der Waals surface area contributed by atoms with Crippen LogP contribution in [0.3, 0.4) is 0 Å². The van der Waals surface area contributed by atoms with Crippen molar-refractivity contribution in [3.8, 4) is 0 Å². The van der Waals surface area contributed by atoms with Crippen LogP contribution in [0.5, 0.6) is 0 Å². The predicted molar refractivity (Wildman–Crippen MR) is 62.3 cm³/mol. The van der Waals surface area contributed by atoms with Crippen molar-refractivity contribution >= 4 is 11.5 Å². The van der Waals surface area contributed by atoms with Crippen molar-refractivity contribution in [2.24, 2.45) is 0 Å². The van der Waals surface area contributed by atoms with E-state index in [1.807, 2.05) is 0 Å². The lowest BCUT2D eigenvalue weighted by Crippen LogP contribution is -2.03. The number of nitrogens with two attached hydrogens (primary N) is 1. The highest BCUT2D eigenvalue weighted by molar-refractivity contribution is 5.45. The number of pyridine rings is 1. The number of nitrogen functional groups attached to an aromatic ring is 1. The number of hydrogen-bond acceptors (Lipinski definition) is 3. The summed E-state index contributed by atoms with van der Waals surface area (Å²) in [6.45, 7) is 0.190. The largest absolute Gasteiger partial charge is 0.384 e. The molecule has 0 radical (unpaired) electrons. The van der Waals surface area contributed by atoms with Gasteiger partial charge in [-0.15, -0.1) is 0 Å². The Morgan fingerprint density at radius 3 is 2.71 bits per heavy atom. The zero-order valence-corrected chi connectivity index (χ0v) is 8.95. The molecule has 0 unspecified atom stereocenters. The number of hydrogen-bond donors (Lipinski definition) is 2. The van der Waals surface area contributed by atoms with Gasteiger partial charge in [0.1, 0.15) is 17.5 Å². The minimum Gasteiger partial charge on any atom is -0.384 e. The fourth-order valence-electron chi connectivity index (χ4n) is 1.39. The minimum atomic E-state index is -0.460. The molecule has 5 heteroatoms. The van der Waals surface area contributed by atoms with Crippen LogP contribution in [0.15, 0.2) is 36.5 Å². The lowest BCUT2D eigenvalue weighted by atomic mass is 10.2. The number of halogens is 2. The summed E-state index contributed by atoms with van der Waals surface area (Å²) in [5.74, 6) is -0.492. The number of anilines is 2. The third-order valence-electron chi connectivity index (χ3n) is 2.28. The number of rotatable bonds is 3. The molecule has 0 saturated carbocycles. The Morgan fingerprint density at radius 2 is 2.00 bits per heavy atom. The maximum absolute atomic E-state index is 13.3. The van der Waals surface area contributed by atoms with Crippen molar-refractivity contribution in [2.75, 3.05) is 11.1 Å². The van der Waals surface area contributed by atoms with Crippen molar-refractivity contribution in [2.45, 2.75) is 6.54 Å². The van der Waals surface area contributed by atoms with E-state index in [1.54, 1.807) is 12.1 Å². The molecule has 17 heavy (non-hydrogen) atoms. The van der Waals surface area contributed by atoms with Crippen molar-refractivity contribution < 1.29 is 8.78 Å². The first-order valence-corrected chi connectivity index (χ1v) is 5.04. The van der Waals surface area contributed by atoms with Crippen molar-refractivity contribution in [1.29, 1.82) is 0 Å². The maximum atomic E-state index is 13.3. The Labute approximate surface area is 97.3 Å². The lowest BCUT2D eigenvalue weighted by molar-refractivity contribution is 0.587. The van der Waals surface area contributed by atoms with Gasteiger partial charge in [0.05, 0.1) is 11.9 Å². The van der Waals surface area contributed by atoms with Gasteiger partial charge in [-0.25, -0.2) is 13.8 Å².